The fraction of sp³-hybridized carbons (Fsp3) is 0.500. The molecular weight excluding hydrogens is 384 g/mol. The van der Waals surface area contributed by atoms with Crippen LogP contribution >= 0.6 is 12.4 Å². The van der Waals surface area contributed by atoms with E-state index in [2.05, 4.69) is 84.3 Å². The average Bonchev–Trinajstić information content (AvgIpc) is 3.22. The highest BCUT2D eigenvalue weighted by Gasteiger charge is 2.25. The molecule has 162 valence electrons. The lowest BCUT2D eigenvalue weighted by Gasteiger charge is -2.34. The lowest BCUT2D eigenvalue weighted by molar-refractivity contribution is 0.0567. The summed E-state index contributed by atoms with van der Waals surface area (Å²) in [7, 11) is 0. The Bertz CT molecular complexity index is 648. The number of hydrogen-bond donors (Lipinski definition) is 0. The monoisotopic (exact) mass is 420 g/mol. The van der Waals surface area contributed by atoms with Gasteiger partial charge in [-0.05, 0) is 49.5 Å². The van der Waals surface area contributed by atoms with Gasteiger partial charge in [0.05, 0.1) is 12.6 Å². The van der Waals surface area contributed by atoms with Crippen LogP contribution in [0.1, 0.15) is 32.3 Å². The topological polar surface area (TPSA) is 47.2 Å². The van der Waals surface area contributed by atoms with Crippen LogP contribution in [-0.4, -0.2) is 49.3 Å². The quantitative estimate of drug-likeness (QED) is 0.571. The first kappa shape index (κ1) is 25.4. The van der Waals surface area contributed by atoms with Crippen molar-refractivity contribution in [2.75, 3.05) is 37.7 Å². The molecule has 0 aliphatic carbocycles. The van der Waals surface area contributed by atoms with Gasteiger partial charge in [0, 0.05) is 25.4 Å². The van der Waals surface area contributed by atoms with Gasteiger partial charge in [0.15, 0.2) is 0 Å². The number of anilines is 1. The number of para-hydroxylation sites is 1. The van der Waals surface area contributed by atoms with Gasteiger partial charge < -0.3 is 15.1 Å². The third kappa shape index (κ3) is 8.35. The van der Waals surface area contributed by atoms with E-state index in [4.69, 9.17) is 4.74 Å². The minimum atomic E-state index is 0. The molecule has 1 aliphatic heterocycles. The third-order valence-electron chi connectivity index (χ3n) is 5.19. The summed E-state index contributed by atoms with van der Waals surface area (Å²) >= 11 is 0. The van der Waals surface area contributed by atoms with Gasteiger partial charge in [-0.15, -0.1) is 12.4 Å². The van der Waals surface area contributed by atoms with E-state index in [1.807, 2.05) is 0 Å². The maximum atomic E-state index is 6.09. The van der Waals surface area contributed by atoms with Crippen LogP contribution in [0.2, 0.25) is 0 Å². The first-order valence-electron chi connectivity index (χ1n) is 10.4. The lowest BCUT2D eigenvalue weighted by atomic mass is 10.1. The van der Waals surface area contributed by atoms with E-state index < -0.39 is 0 Å². The van der Waals surface area contributed by atoms with Crippen molar-refractivity contribution in [3.63, 3.8) is 0 Å². The Balaban J connectivity index is 0.00000210. The van der Waals surface area contributed by atoms with Crippen molar-refractivity contribution in [3.8, 4) is 0 Å². The zero-order valence-electron chi connectivity index (χ0n) is 17.8. The Morgan fingerprint density at radius 2 is 1.48 bits per heavy atom. The highest BCUT2D eigenvalue weighted by Crippen LogP contribution is 2.20. The molecule has 0 aromatic heterocycles. The minimum absolute atomic E-state index is 0. The second-order valence-electron chi connectivity index (χ2n) is 8.03. The molecule has 0 bridgehead atoms. The summed E-state index contributed by atoms with van der Waals surface area (Å²) in [5, 5.41) is 0. The maximum Gasteiger partial charge on any atom is 0.0639 e. The predicted molar refractivity (Wildman–Crippen MR) is 125 cm³/mol. The van der Waals surface area contributed by atoms with Crippen LogP contribution in [0.3, 0.4) is 0 Å². The van der Waals surface area contributed by atoms with Gasteiger partial charge in [-0.1, -0.05) is 62.4 Å². The Morgan fingerprint density at radius 3 is 2.07 bits per heavy atom. The molecule has 2 N–H and O–H groups in total. The van der Waals surface area contributed by atoms with Crippen molar-refractivity contribution in [1.29, 1.82) is 0 Å². The molecule has 0 radical (unpaired) electrons. The molecule has 29 heavy (non-hydrogen) atoms. The molecule has 1 fully saturated rings. The molecule has 2 aromatic carbocycles. The van der Waals surface area contributed by atoms with E-state index in [-0.39, 0.29) is 17.9 Å². The van der Waals surface area contributed by atoms with Crippen molar-refractivity contribution in [3.05, 3.63) is 66.2 Å². The van der Waals surface area contributed by atoms with Crippen molar-refractivity contribution >= 4 is 18.1 Å². The SMILES string of the molecule is CC(C)COCC(CN(Cc1ccccc1)c1ccccc1)N1CCCC1.Cl.O. The normalized spacial score (nSPS) is 14.9. The minimum Gasteiger partial charge on any atom is -0.412 e. The predicted octanol–water partition coefficient (Wildman–Crippen LogP) is 4.43. The molecule has 5 heteroatoms. The Labute approximate surface area is 182 Å². The number of ether oxygens (including phenoxy) is 1. The molecule has 0 saturated carbocycles. The Kier molecular flexibility index (Phi) is 11.9. The van der Waals surface area contributed by atoms with Gasteiger partial charge in [-0.2, -0.15) is 0 Å². The van der Waals surface area contributed by atoms with Gasteiger partial charge in [0.1, 0.15) is 0 Å². The largest absolute Gasteiger partial charge is 0.412 e. The average molecular weight is 421 g/mol. The molecule has 0 amide bonds. The number of rotatable bonds is 10. The van der Waals surface area contributed by atoms with Crippen molar-refractivity contribution < 1.29 is 10.2 Å². The summed E-state index contributed by atoms with van der Waals surface area (Å²) in [5.41, 5.74) is 2.64. The fourth-order valence-electron chi connectivity index (χ4n) is 3.78. The van der Waals surface area contributed by atoms with Gasteiger partial charge in [-0.3, -0.25) is 4.90 Å². The number of benzene rings is 2. The fourth-order valence-corrected chi connectivity index (χ4v) is 3.78. The molecule has 2 aromatic rings. The lowest BCUT2D eigenvalue weighted by Crippen LogP contribution is -2.45. The smallest absolute Gasteiger partial charge is 0.0639 e. The molecule has 3 rings (SSSR count). The number of hydrogen-bond acceptors (Lipinski definition) is 3. The zero-order valence-corrected chi connectivity index (χ0v) is 18.6. The first-order valence-corrected chi connectivity index (χ1v) is 10.4. The van der Waals surface area contributed by atoms with Gasteiger partial charge >= 0.3 is 0 Å². The Hall–Kier alpha value is -1.59. The number of halogens is 1. The van der Waals surface area contributed by atoms with Crippen LogP contribution < -0.4 is 4.90 Å². The van der Waals surface area contributed by atoms with E-state index >= 15 is 0 Å². The van der Waals surface area contributed by atoms with Crippen LogP contribution in [0.25, 0.3) is 0 Å². The molecule has 1 unspecified atom stereocenters. The molecular formula is C24H37ClN2O2. The van der Waals surface area contributed by atoms with E-state index in [0.717, 1.165) is 26.3 Å². The third-order valence-corrected chi connectivity index (χ3v) is 5.19. The molecule has 1 atom stereocenters. The number of nitrogens with zero attached hydrogens (tertiary/aromatic N) is 2. The van der Waals surface area contributed by atoms with Crippen LogP contribution in [0.5, 0.6) is 0 Å². The summed E-state index contributed by atoms with van der Waals surface area (Å²) in [5.74, 6) is 0.582. The van der Waals surface area contributed by atoms with E-state index in [0.29, 0.717) is 12.0 Å². The highest BCUT2D eigenvalue weighted by molar-refractivity contribution is 5.85. The summed E-state index contributed by atoms with van der Waals surface area (Å²) in [6.07, 6.45) is 2.62. The van der Waals surface area contributed by atoms with Crippen LogP contribution in [-0.2, 0) is 11.3 Å². The summed E-state index contributed by atoms with van der Waals surface area (Å²) < 4.78 is 6.09. The van der Waals surface area contributed by atoms with Crippen LogP contribution in [0, 0.1) is 5.92 Å². The molecule has 1 aliphatic rings. The molecule has 4 nitrogen and oxygen atoms in total. The van der Waals surface area contributed by atoms with Crippen molar-refractivity contribution in [2.45, 2.75) is 39.3 Å². The van der Waals surface area contributed by atoms with Crippen molar-refractivity contribution in [1.82, 2.24) is 4.90 Å². The first-order chi connectivity index (χ1) is 13.2. The molecule has 1 saturated heterocycles. The number of likely N-dealkylation sites (tertiary alicyclic amines) is 1. The maximum absolute atomic E-state index is 6.09. The van der Waals surface area contributed by atoms with E-state index in [9.17, 15) is 0 Å². The molecule has 0 spiro atoms. The van der Waals surface area contributed by atoms with Crippen LogP contribution in [0.15, 0.2) is 60.7 Å². The molecule has 1 heterocycles. The van der Waals surface area contributed by atoms with E-state index in [1.165, 1.54) is 37.2 Å². The standard InChI is InChI=1S/C24H34N2O.ClH.H2O/c1-21(2)19-27-20-24(25-15-9-10-16-25)18-26(23-13-7-4-8-14-23)17-22-11-5-3-6-12-22;;/h3-8,11-14,21,24H,9-10,15-20H2,1-2H3;1H;1H2. The zero-order chi connectivity index (χ0) is 18.9. The van der Waals surface area contributed by atoms with E-state index in [1.54, 1.807) is 0 Å². The van der Waals surface area contributed by atoms with Crippen molar-refractivity contribution in [2.24, 2.45) is 5.92 Å². The summed E-state index contributed by atoms with van der Waals surface area (Å²) in [6, 6.07) is 22.0. The summed E-state index contributed by atoms with van der Waals surface area (Å²) in [4.78, 5) is 5.14. The second kappa shape index (κ2) is 13.6. The second-order valence-corrected chi connectivity index (χ2v) is 8.03. The van der Waals surface area contributed by atoms with Gasteiger partial charge in [0.25, 0.3) is 0 Å². The Morgan fingerprint density at radius 1 is 0.897 bits per heavy atom. The van der Waals surface area contributed by atoms with Crippen LogP contribution in [0.4, 0.5) is 5.69 Å². The van der Waals surface area contributed by atoms with Gasteiger partial charge in [-0.25, -0.2) is 0 Å². The van der Waals surface area contributed by atoms with Gasteiger partial charge in [0.2, 0.25) is 0 Å². The summed E-state index contributed by atoms with van der Waals surface area (Å²) in [6.45, 7) is 10.4. The highest BCUT2D eigenvalue weighted by atomic mass is 35.5.